The standard InChI is InChI=1S/C24H47N3O4/c1-2-3-4-5-6-7-8-9-10-11-12-13-14-15-16-22(28)27-21(17-18-23(29)30)24(31)26-20-19-25/h21H,2-20,25H2,1H3,(H,26,31)(H,27,28)(H,29,30). The molecule has 0 heterocycles. The van der Waals surface area contributed by atoms with E-state index in [1.54, 1.807) is 0 Å². The van der Waals surface area contributed by atoms with Crippen molar-refractivity contribution in [2.45, 2.75) is 122 Å². The van der Waals surface area contributed by atoms with Gasteiger partial charge in [0.05, 0.1) is 0 Å². The Morgan fingerprint density at radius 3 is 1.71 bits per heavy atom. The predicted molar refractivity (Wildman–Crippen MR) is 126 cm³/mol. The molecule has 1 atom stereocenters. The molecule has 182 valence electrons. The number of carbonyl (C=O) groups excluding carboxylic acids is 2. The zero-order chi connectivity index (χ0) is 23.2. The second kappa shape index (κ2) is 21.6. The molecule has 31 heavy (non-hydrogen) atoms. The van der Waals surface area contributed by atoms with Crippen LogP contribution < -0.4 is 16.4 Å². The van der Waals surface area contributed by atoms with E-state index in [0.717, 1.165) is 19.3 Å². The number of hydrogen-bond acceptors (Lipinski definition) is 4. The molecular formula is C24H47N3O4. The minimum absolute atomic E-state index is 0.0796. The highest BCUT2D eigenvalue weighted by Crippen LogP contribution is 2.13. The van der Waals surface area contributed by atoms with E-state index in [9.17, 15) is 14.4 Å². The van der Waals surface area contributed by atoms with Crippen LogP contribution in [-0.4, -0.2) is 42.0 Å². The molecule has 2 amide bonds. The maximum atomic E-state index is 12.1. The first kappa shape index (κ1) is 29.4. The van der Waals surface area contributed by atoms with Crippen LogP contribution in [0.25, 0.3) is 0 Å². The lowest BCUT2D eigenvalue weighted by Gasteiger charge is -2.17. The van der Waals surface area contributed by atoms with E-state index in [2.05, 4.69) is 17.6 Å². The highest BCUT2D eigenvalue weighted by Gasteiger charge is 2.21. The zero-order valence-electron chi connectivity index (χ0n) is 19.8. The van der Waals surface area contributed by atoms with Crippen LogP contribution in [0.4, 0.5) is 0 Å². The van der Waals surface area contributed by atoms with Gasteiger partial charge in [0.15, 0.2) is 0 Å². The van der Waals surface area contributed by atoms with Gasteiger partial charge >= 0.3 is 5.97 Å². The smallest absolute Gasteiger partial charge is 0.303 e. The number of hydrogen-bond donors (Lipinski definition) is 4. The maximum absolute atomic E-state index is 12.1. The Morgan fingerprint density at radius 2 is 1.26 bits per heavy atom. The van der Waals surface area contributed by atoms with Gasteiger partial charge in [-0.3, -0.25) is 14.4 Å². The molecule has 0 saturated carbocycles. The number of carboxylic acids is 1. The number of nitrogens with two attached hydrogens (primary N) is 1. The topological polar surface area (TPSA) is 122 Å². The summed E-state index contributed by atoms with van der Waals surface area (Å²) >= 11 is 0. The molecule has 0 aromatic carbocycles. The average Bonchev–Trinajstić information content (AvgIpc) is 2.75. The minimum atomic E-state index is -0.988. The molecule has 0 aromatic rings. The van der Waals surface area contributed by atoms with Crippen molar-refractivity contribution >= 4 is 17.8 Å². The van der Waals surface area contributed by atoms with Crippen molar-refractivity contribution in [3.63, 3.8) is 0 Å². The quantitative estimate of drug-likeness (QED) is 0.187. The van der Waals surface area contributed by atoms with E-state index in [1.165, 1.54) is 70.6 Å². The first-order valence-corrected chi connectivity index (χ1v) is 12.5. The Hall–Kier alpha value is -1.63. The van der Waals surface area contributed by atoms with Gasteiger partial charge in [0.25, 0.3) is 0 Å². The van der Waals surface area contributed by atoms with Gasteiger partial charge in [0, 0.05) is 25.9 Å². The van der Waals surface area contributed by atoms with Gasteiger partial charge in [-0.05, 0) is 12.8 Å². The van der Waals surface area contributed by atoms with Crippen molar-refractivity contribution < 1.29 is 19.5 Å². The van der Waals surface area contributed by atoms with Crippen molar-refractivity contribution in [1.82, 2.24) is 10.6 Å². The number of unbranched alkanes of at least 4 members (excludes halogenated alkanes) is 13. The molecule has 5 N–H and O–H groups in total. The molecule has 0 saturated heterocycles. The summed E-state index contributed by atoms with van der Waals surface area (Å²) in [5.41, 5.74) is 5.37. The Labute approximate surface area is 189 Å². The van der Waals surface area contributed by atoms with E-state index in [-0.39, 0.29) is 24.7 Å². The molecule has 7 nitrogen and oxygen atoms in total. The lowest BCUT2D eigenvalue weighted by molar-refractivity contribution is -0.138. The summed E-state index contributed by atoms with van der Waals surface area (Å²) in [5.74, 6) is -1.56. The van der Waals surface area contributed by atoms with Crippen LogP contribution >= 0.6 is 0 Å². The van der Waals surface area contributed by atoms with Crippen LogP contribution in [0.15, 0.2) is 0 Å². The van der Waals surface area contributed by atoms with Crippen LogP contribution in [0.3, 0.4) is 0 Å². The highest BCUT2D eigenvalue weighted by atomic mass is 16.4. The molecule has 0 spiro atoms. The summed E-state index contributed by atoms with van der Waals surface area (Å²) in [7, 11) is 0. The zero-order valence-corrected chi connectivity index (χ0v) is 19.8. The molecule has 0 aliphatic heterocycles. The van der Waals surface area contributed by atoms with Crippen molar-refractivity contribution in [2.24, 2.45) is 5.73 Å². The van der Waals surface area contributed by atoms with Gasteiger partial charge in [0.2, 0.25) is 11.8 Å². The summed E-state index contributed by atoms with van der Waals surface area (Å²) in [6, 6.07) is -0.818. The molecule has 7 heteroatoms. The van der Waals surface area contributed by atoms with Crippen LogP contribution in [0.1, 0.15) is 116 Å². The molecular weight excluding hydrogens is 394 g/mol. The Bertz CT molecular complexity index is 472. The van der Waals surface area contributed by atoms with Crippen molar-refractivity contribution in [3.8, 4) is 0 Å². The van der Waals surface area contributed by atoms with Crippen molar-refractivity contribution in [3.05, 3.63) is 0 Å². The SMILES string of the molecule is CCCCCCCCCCCCCCCCC(=O)NC(CCC(=O)O)C(=O)NCCN. The second-order valence-electron chi connectivity index (χ2n) is 8.48. The van der Waals surface area contributed by atoms with E-state index in [1.807, 2.05) is 0 Å². The van der Waals surface area contributed by atoms with Gasteiger partial charge in [-0.15, -0.1) is 0 Å². The van der Waals surface area contributed by atoms with Gasteiger partial charge in [0.1, 0.15) is 6.04 Å². The number of nitrogens with one attached hydrogen (secondary N) is 2. The minimum Gasteiger partial charge on any atom is -0.481 e. The van der Waals surface area contributed by atoms with Crippen LogP contribution in [-0.2, 0) is 14.4 Å². The van der Waals surface area contributed by atoms with E-state index in [4.69, 9.17) is 10.8 Å². The fourth-order valence-electron chi connectivity index (χ4n) is 3.60. The summed E-state index contributed by atoms with van der Waals surface area (Å²) in [4.78, 5) is 35.0. The maximum Gasteiger partial charge on any atom is 0.303 e. The molecule has 0 rings (SSSR count). The van der Waals surface area contributed by atoms with E-state index >= 15 is 0 Å². The largest absolute Gasteiger partial charge is 0.481 e. The molecule has 0 aromatic heterocycles. The molecule has 1 unspecified atom stereocenters. The highest BCUT2D eigenvalue weighted by molar-refractivity contribution is 5.87. The van der Waals surface area contributed by atoms with E-state index in [0.29, 0.717) is 19.5 Å². The third-order valence-electron chi connectivity index (χ3n) is 5.50. The number of carboxylic acid groups (broad SMARTS) is 1. The van der Waals surface area contributed by atoms with E-state index < -0.39 is 12.0 Å². The summed E-state index contributed by atoms with van der Waals surface area (Å²) < 4.78 is 0. The molecule has 0 aliphatic rings. The van der Waals surface area contributed by atoms with Crippen LogP contribution in [0.2, 0.25) is 0 Å². The molecule has 0 bridgehead atoms. The number of carbonyl (C=O) groups is 3. The molecule has 0 radical (unpaired) electrons. The third-order valence-corrected chi connectivity index (χ3v) is 5.50. The Balaban J connectivity index is 3.72. The van der Waals surface area contributed by atoms with Crippen molar-refractivity contribution in [2.75, 3.05) is 13.1 Å². The summed E-state index contributed by atoms with van der Waals surface area (Å²) in [6.07, 6.45) is 17.9. The molecule has 0 fully saturated rings. The monoisotopic (exact) mass is 441 g/mol. The molecule has 0 aliphatic carbocycles. The Kier molecular flexibility index (Phi) is 20.5. The van der Waals surface area contributed by atoms with Gasteiger partial charge in [-0.1, -0.05) is 90.4 Å². The normalized spacial score (nSPS) is 11.8. The van der Waals surface area contributed by atoms with Gasteiger partial charge < -0.3 is 21.5 Å². The fourth-order valence-corrected chi connectivity index (χ4v) is 3.60. The van der Waals surface area contributed by atoms with Crippen LogP contribution in [0.5, 0.6) is 0 Å². The van der Waals surface area contributed by atoms with Crippen LogP contribution in [0, 0.1) is 0 Å². The summed E-state index contributed by atoms with van der Waals surface area (Å²) in [5, 5.41) is 14.1. The van der Waals surface area contributed by atoms with Crippen molar-refractivity contribution in [1.29, 1.82) is 0 Å². The second-order valence-corrected chi connectivity index (χ2v) is 8.48. The third kappa shape index (κ3) is 20.0. The lowest BCUT2D eigenvalue weighted by atomic mass is 10.0. The number of amides is 2. The first-order valence-electron chi connectivity index (χ1n) is 12.5. The number of aliphatic carboxylic acids is 1. The number of rotatable bonds is 22. The lowest BCUT2D eigenvalue weighted by Crippen LogP contribution is -2.47. The summed E-state index contributed by atoms with van der Waals surface area (Å²) in [6.45, 7) is 2.85. The van der Waals surface area contributed by atoms with Gasteiger partial charge in [-0.25, -0.2) is 0 Å². The first-order chi connectivity index (χ1) is 15.0. The fraction of sp³-hybridized carbons (Fsp3) is 0.875. The predicted octanol–water partition coefficient (Wildman–Crippen LogP) is 4.28. The van der Waals surface area contributed by atoms with Gasteiger partial charge in [-0.2, -0.15) is 0 Å². The average molecular weight is 442 g/mol. The Morgan fingerprint density at radius 1 is 0.774 bits per heavy atom.